The maximum atomic E-state index is 13.4. The van der Waals surface area contributed by atoms with Crippen LogP contribution in [0, 0.1) is 5.92 Å². The number of amides is 1. The molecule has 0 unspecified atom stereocenters. The highest BCUT2D eigenvalue weighted by molar-refractivity contribution is 5.99. The second-order valence-electron chi connectivity index (χ2n) is 9.32. The lowest BCUT2D eigenvalue weighted by Crippen LogP contribution is -2.41. The molecule has 2 atom stereocenters. The van der Waals surface area contributed by atoms with E-state index < -0.39 is 17.5 Å². The van der Waals surface area contributed by atoms with Crippen LogP contribution < -0.4 is 4.90 Å². The number of para-hydroxylation sites is 1. The molecule has 1 fully saturated rings. The summed E-state index contributed by atoms with van der Waals surface area (Å²) in [4.78, 5) is 26.6. The van der Waals surface area contributed by atoms with Crippen LogP contribution in [-0.2, 0) is 19.9 Å². The molecule has 0 aliphatic carbocycles. The second kappa shape index (κ2) is 10.8. The van der Waals surface area contributed by atoms with Crippen molar-refractivity contribution in [2.24, 2.45) is 5.92 Å². The SMILES string of the molecule is O=C(O)C[C@H]1C[C@@H](COC(c2ccccc2)(c2ccccc2)c2ccccc2)N(c2ccccc2)C1=O. The van der Waals surface area contributed by atoms with Crippen LogP contribution in [0.15, 0.2) is 121 Å². The Balaban J connectivity index is 1.58. The van der Waals surface area contributed by atoms with E-state index in [4.69, 9.17) is 4.74 Å². The fourth-order valence-corrected chi connectivity index (χ4v) is 5.35. The van der Waals surface area contributed by atoms with Crippen molar-refractivity contribution in [3.8, 4) is 0 Å². The molecule has 1 heterocycles. The summed E-state index contributed by atoms with van der Waals surface area (Å²) in [6, 6.07) is 39.4. The molecule has 4 aromatic rings. The number of carbonyl (C=O) groups excluding carboxylic acids is 1. The first-order chi connectivity index (χ1) is 18.1. The minimum absolute atomic E-state index is 0.174. The molecule has 5 nitrogen and oxygen atoms in total. The average molecular weight is 492 g/mol. The van der Waals surface area contributed by atoms with Crippen molar-refractivity contribution < 1.29 is 19.4 Å². The zero-order valence-electron chi connectivity index (χ0n) is 20.4. The van der Waals surface area contributed by atoms with E-state index in [-0.39, 0.29) is 25.0 Å². The lowest BCUT2D eigenvalue weighted by molar-refractivity contribution is -0.140. The topological polar surface area (TPSA) is 66.8 Å². The van der Waals surface area contributed by atoms with Gasteiger partial charge in [-0.15, -0.1) is 0 Å². The van der Waals surface area contributed by atoms with Crippen LogP contribution in [0.2, 0.25) is 0 Å². The Morgan fingerprint density at radius 3 is 1.62 bits per heavy atom. The van der Waals surface area contributed by atoms with Crippen molar-refractivity contribution >= 4 is 17.6 Å². The lowest BCUT2D eigenvalue weighted by Gasteiger charge is -2.38. The van der Waals surface area contributed by atoms with Gasteiger partial charge in [0.2, 0.25) is 5.91 Å². The molecule has 1 amide bonds. The highest BCUT2D eigenvalue weighted by Gasteiger charge is 2.44. The van der Waals surface area contributed by atoms with Crippen molar-refractivity contribution in [3.63, 3.8) is 0 Å². The highest BCUT2D eigenvalue weighted by atomic mass is 16.5. The van der Waals surface area contributed by atoms with Gasteiger partial charge in [0.15, 0.2) is 0 Å². The van der Waals surface area contributed by atoms with Crippen molar-refractivity contribution in [2.45, 2.75) is 24.5 Å². The first kappa shape index (κ1) is 24.5. The van der Waals surface area contributed by atoms with Gasteiger partial charge in [-0.05, 0) is 35.2 Å². The largest absolute Gasteiger partial charge is 0.481 e. The van der Waals surface area contributed by atoms with Crippen LogP contribution in [0.25, 0.3) is 0 Å². The number of nitrogens with zero attached hydrogens (tertiary/aromatic N) is 1. The van der Waals surface area contributed by atoms with E-state index in [2.05, 4.69) is 36.4 Å². The molecule has 1 N–H and O–H groups in total. The van der Waals surface area contributed by atoms with Gasteiger partial charge < -0.3 is 14.7 Å². The third-order valence-electron chi connectivity index (χ3n) is 7.00. The third kappa shape index (κ3) is 4.91. The zero-order valence-corrected chi connectivity index (χ0v) is 20.4. The number of ether oxygens (including phenoxy) is 1. The fraction of sp³-hybridized carbons (Fsp3) is 0.188. The minimum Gasteiger partial charge on any atom is -0.481 e. The van der Waals surface area contributed by atoms with Gasteiger partial charge in [0.1, 0.15) is 5.60 Å². The van der Waals surface area contributed by atoms with Crippen LogP contribution in [0.4, 0.5) is 5.69 Å². The van der Waals surface area contributed by atoms with E-state index >= 15 is 0 Å². The number of aliphatic carboxylic acids is 1. The Labute approximate surface area is 217 Å². The standard InChI is InChI=1S/C32H29NO4/c34-30(35)22-24-21-29(33(31(24)36)28-19-11-4-12-20-28)23-37-32(25-13-5-1-6-14-25,26-15-7-2-8-16-26)27-17-9-3-10-18-27/h1-20,24,29H,21-23H2,(H,34,35)/t24-,29+/m1/s1. The van der Waals surface area contributed by atoms with Crippen LogP contribution in [0.1, 0.15) is 29.5 Å². The monoisotopic (exact) mass is 491 g/mol. The Morgan fingerprint density at radius 2 is 1.19 bits per heavy atom. The fourth-order valence-electron chi connectivity index (χ4n) is 5.35. The molecule has 0 spiro atoms. The number of hydrogen-bond donors (Lipinski definition) is 1. The van der Waals surface area contributed by atoms with E-state index in [0.29, 0.717) is 6.42 Å². The van der Waals surface area contributed by atoms with Crippen molar-refractivity contribution in [1.29, 1.82) is 0 Å². The summed E-state index contributed by atoms with van der Waals surface area (Å²) in [5, 5.41) is 9.44. The van der Waals surface area contributed by atoms with Gasteiger partial charge in [-0.3, -0.25) is 9.59 Å². The van der Waals surface area contributed by atoms with E-state index in [9.17, 15) is 14.7 Å². The molecule has 37 heavy (non-hydrogen) atoms. The molecule has 5 rings (SSSR count). The molecule has 1 saturated heterocycles. The minimum atomic E-state index is -0.972. The lowest BCUT2D eigenvalue weighted by atomic mass is 9.80. The van der Waals surface area contributed by atoms with Gasteiger partial charge in [0.05, 0.1) is 25.0 Å². The van der Waals surface area contributed by atoms with Gasteiger partial charge in [0.25, 0.3) is 0 Å². The molecule has 4 aromatic carbocycles. The number of benzene rings is 4. The predicted octanol–water partition coefficient (Wildman–Crippen LogP) is 5.89. The van der Waals surface area contributed by atoms with Crippen molar-refractivity contribution in [1.82, 2.24) is 0 Å². The second-order valence-corrected chi connectivity index (χ2v) is 9.32. The smallest absolute Gasteiger partial charge is 0.304 e. The van der Waals surface area contributed by atoms with Crippen LogP contribution in [-0.4, -0.2) is 29.6 Å². The summed E-state index contributed by atoms with van der Waals surface area (Å²) in [6.45, 7) is 0.232. The number of carboxylic acid groups (broad SMARTS) is 1. The molecular formula is C32H29NO4. The Hall–Kier alpha value is -4.22. The molecule has 0 saturated carbocycles. The molecule has 5 heteroatoms. The van der Waals surface area contributed by atoms with Crippen molar-refractivity contribution in [2.75, 3.05) is 11.5 Å². The van der Waals surface area contributed by atoms with E-state index in [1.165, 1.54) is 0 Å². The van der Waals surface area contributed by atoms with E-state index in [1.54, 1.807) is 4.90 Å². The summed E-state index contributed by atoms with van der Waals surface area (Å²) >= 11 is 0. The maximum absolute atomic E-state index is 13.4. The van der Waals surface area contributed by atoms with Crippen LogP contribution >= 0.6 is 0 Å². The molecule has 186 valence electrons. The molecular weight excluding hydrogens is 462 g/mol. The number of hydrogen-bond acceptors (Lipinski definition) is 3. The quantitative estimate of drug-likeness (QED) is 0.297. The predicted molar refractivity (Wildman–Crippen MR) is 143 cm³/mol. The van der Waals surface area contributed by atoms with Gasteiger partial charge in [-0.25, -0.2) is 0 Å². The van der Waals surface area contributed by atoms with Crippen molar-refractivity contribution in [3.05, 3.63) is 138 Å². The first-order valence-electron chi connectivity index (χ1n) is 12.5. The molecule has 0 aromatic heterocycles. The Bertz CT molecular complexity index is 1230. The van der Waals surface area contributed by atoms with Gasteiger partial charge >= 0.3 is 5.97 Å². The first-order valence-corrected chi connectivity index (χ1v) is 12.5. The summed E-state index contributed by atoms with van der Waals surface area (Å²) < 4.78 is 6.98. The molecule has 0 radical (unpaired) electrons. The molecule has 1 aliphatic heterocycles. The van der Waals surface area contributed by atoms with Gasteiger partial charge in [-0.2, -0.15) is 0 Å². The van der Waals surface area contributed by atoms with Gasteiger partial charge in [0, 0.05) is 5.69 Å². The number of rotatable bonds is 9. The summed E-state index contributed by atoms with van der Waals surface area (Å²) in [5.74, 6) is -1.74. The summed E-state index contributed by atoms with van der Waals surface area (Å²) in [7, 11) is 0. The number of anilines is 1. The van der Waals surface area contributed by atoms with E-state index in [1.807, 2.05) is 84.9 Å². The third-order valence-corrected chi connectivity index (χ3v) is 7.00. The highest BCUT2D eigenvalue weighted by Crippen LogP contribution is 2.42. The Kier molecular flexibility index (Phi) is 7.15. The van der Waals surface area contributed by atoms with Gasteiger partial charge in [-0.1, -0.05) is 109 Å². The summed E-state index contributed by atoms with van der Waals surface area (Å²) in [6.07, 6.45) is 0.217. The summed E-state index contributed by atoms with van der Waals surface area (Å²) in [5.41, 5.74) is 2.76. The molecule has 1 aliphatic rings. The van der Waals surface area contributed by atoms with Crippen LogP contribution in [0.5, 0.6) is 0 Å². The Morgan fingerprint density at radius 1 is 0.757 bits per heavy atom. The zero-order chi connectivity index (χ0) is 25.7. The number of carbonyl (C=O) groups is 2. The molecule has 0 bridgehead atoms. The normalized spacial score (nSPS) is 17.6. The maximum Gasteiger partial charge on any atom is 0.304 e. The number of carboxylic acids is 1. The average Bonchev–Trinajstić information content (AvgIpc) is 3.25. The van der Waals surface area contributed by atoms with Crippen LogP contribution in [0.3, 0.4) is 0 Å². The van der Waals surface area contributed by atoms with E-state index in [0.717, 1.165) is 22.4 Å².